The molecule has 0 unspecified atom stereocenters. The first-order chi connectivity index (χ1) is 8.33. The van der Waals surface area contributed by atoms with Crippen molar-refractivity contribution in [2.75, 3.05) is 30.0 Å². The fraction of sp³-hybridized carbons (Fsp3) is 0.636. The summed E-state index contributed by atoms with van der Waals surface area (Å²) in [7, 11) is 0. The number of nitrogens with two attached hydrogens (primary N) is 1. The van der Waals surface area contributed by atoms with E-state index >= 15 is 0 Å². The van der Waals surface area contributed by atoms with Gasteiger partial charge in [0, 0.05) is 25.8 Å². The standard InChI is InChI=1S/C11H19N5O/c1-2-17-8-10-13-9(15-12)7-11(14-10)16-5-3-4-6-16/h7H,2-6,8,12H2,1H3,(H,13,14,15). The SMILES string of the molecule is CCOCc1nc(NN)cc(N2CCCC2)n1. The number of hydrogen-bond acceptors (Lipinski definition) is 6. The molecule has 17 heavy (non-hydrogen) atoms. The van der Waals surface area contributed by atoms with Gasteiger partial charge in [-0.05, 0) is 19.8 Å². The van der Waals surface area contributed by atoms with E-state index in [9.17, 15) is 0 Å². The molecule has 3 N–H and O–H groups in total. The van der Waals surface area contributed by atoms with E-state index < -0.39 is 0 Å². The maximum atomic E-state index is 5.42. The summed E-state index contributed by atoms with van der Waals surface area (Å²) in [6, 6.07) is 1.88. The lowest BCUT2D eigenvalue weighted by Gasteiger charge is -2.17. The second-order valence-corrected chi connectivity index (χ2v) is 4.00. The zero-order valence-corrected chi connectivity index (χ0v) is 10.1. The summed E-state index contributed by atoms with van der Waals surface area (Å²) in [5.74, 6) is 7.65. The zero-order valence-electron chi connectivity index (χ0n) is 10.1. The molecule has 2 rings (SSSR count). The third-order valence-corrected chi connectivity index (χ3v) is 2.77. The molecule has 0 amide bonds. The number of aromatic nitrogens is 2. The van der Waals surface area contributed by atoms with Gasteiger partial charge in [-0.25, -0.2) is 15.8 Å². The van der Waals surface area contributed by atoms with Crippen molar-refractivity contribution in [3.8, 4) is 0 Å². The Labute approximate surface area is 101 Å². The number of nitrogen functional groups attached to an aromatic ring is 1. The Morgan fingerprint density at radius 3 is 2.82 bits per heavy atom. The summed E-state index contributed by atoms with van der Waals surface area (Å²) < 4.78 is 5.32. The van der Waals surface area contributed by atoms with Gasteiger partial charge >= 0.3 is 0 Å². The first kappa shape index (κ1) is 12.1. The lowest BCUT2D eigenvalue weighted by molar-refractivity contribution is 0.128. The normalized spacial score (nSPS) is 15.3. The first-order valence-electron chi connectivity index (χ1n) is 6.00. The van der Waals surface area contributed by atoms with Gasteiger partial charge in [-0.2, -0.15) is 0 Å². The Balaban J connectivity index is 2.18. The fourth-order valence-corrected chi connectivity index (χ4v) is 1.92. The second-order valence-electron chi connectivity index (χ2n) is 4.00. The van der Waals surface area contributed by atoms with Crippen molar-refractivity contribution in [1.29, 1.82) is 0 Å². The van der Waals surface area contributed by atoms with Gasteiger partial charge in [-0.15, -0.1) is 0 Å². The van der Waals surface area contributed by atoms with Gasteiger partial charge in [0.05, 0.1) is 0 Å². The predicted molar refractivity (Wildman–Crippen MR) is 66.6 cm³/mol. The van der Waals surface area contributed by atoms with Crippen LogP contribution in [0, 0.1) is 0 Å². The molecule has 2 heterocycles. The molecular weight excluding hydrogens is 218 g/mol. The molecular formula is C11H19N5O. The molecule has 6 heteroatoms. The first-order valence-corrected chi connectivity index (χ1v) is 6.00. The molecule has 1 aliphatic heterocycles. The summed E-state index contributed by atoms with van der Waals surface area (Å²) in [4.78, 5) is 11.0. The minimum atomic E-state index is 0.423. The number of hydrazine groups is 1. The maximum Gasteiger partial charge on any atom is 0.158 e. The molecule has 0 bridgehead atoms. The van der Waals surface area contributed by atoms with Gasteiger partial charge in [-0.3, -0.25) is 0 Å². The molecule has 0 saturated carbocycles. The number of anilines is 2. The number of nitrogens with zero attached hydrogens (tertiary/aromatic N) is 3. The molecule has 1 saturated heterocycles. The highest BCUT2D eigenvalue weighted by atomic mass is 16.5. The molecule has 1 aliphatic rings. The Hall–Kier alpha value is -1.40. The third-order valence-electron chi connectivity index (χ3n) is 2.77. The van der Waals surface area contributed by atoms with Crippen LogP contribution < -0.4 is 16.2 Å². The average Bonchev–Trinajstić information content (AvgIpc) is 2.89. The van der Waals surface area contributed by atoms with Crippen LogP contribution in [0.2, 0.25) is 0 Å². The Kier molecular flexibility index (Phi) is 4.11. The van der Waals surface area contributed by atoms with Crippen molar-refractivity contribution in [3.05, 3.63) is 11.9 Å². The number of nitrogens with one attached hydrogen (secondary N) is 1. The summed E-state index contributed by atoms with van der Waals surface area (Å²) in [6.07, 6.45) is 2.44. The molecule has 1 aromatic rings. The molecule has 1 fully saturated rings. The van der Waals surface area contributed by atoms with Crippen LogP contribution in [-0.2, 0) is 11.3 Å². The monoisotopic (exact) mass is 237 g/mol. The molecule has 0 aromatic carbocycles. The molecule has 1 aromatic heterocycles. The number of rotatable bonds is 5. The van der Waals surface area contributed by atoms with E-state index in [0.717, 1.165) is 18.9 Å². The second kappa shape index (κ2) is 5.79. The van der Waals surface area contributed by atoms with Gasteiger partial charge in [0.2, 0.25) is 0 Å². The van der Waals surface area contributed by atoms with Gasteiger partial charge in [0.25, 0.3) is 0 Å². The van der Waals surface area contributed by atoms with Crippen molar-refractivity contribution in [2.24, 2.45) is 5.84 Å². The summed E-state index contributed by atoms with van der Waals surface area (Å²) >= 11 is 0. The average molecular weight is 237 g/mol. The van der Waals surface area contributed by atoms with Gasteiger partial charge in [0.1, 0.15) is 18.2 Å². The summed E-state index contributed by atoms with van der Waals surface area (Å²) in [5, 5.41) is 0. The van der Waals surface area contributed by atoms with E-state index in [1.165, 1.54) is 12.8 Å². The smallest absolute Gasteiger partial charge is 0.158 e. The summed E-state index contributed by atoms with van der Waals surface area (Å²) in [5.41, 5.74) is 2.57. The van der Waals surface area contributed by atoms with Crippen LogP contribution in [0.15, 0.2) is 6.07 Å². The molecule has 0 radical (unpaired) electrons. The Morgan fingerprint density at radius 1 is 1.41 bits per heavy atom. The van der Waals surface area contributed by atoms with Crippen LogP contribution in [0.25, 0.3) is 0 Å². The molecule has 6 nitrogen and oxygen atoms in total. The van der Waals surface area contributed by atoms with Gasteiger partial charge in [-0.1, -0.05) is 0 Å². The largest absolute Gasteiger partial charge is 0.374 e. The van der Waals surface area contributed by atoms with Crippen molar-refractivity contribution < 1.29 is 4.74 Å². The van der Waals surface area contributed by atoms with E-state index in [-0.39, 0.29) is 0 Å². The van der Waals surface area contributed by atoms with E-state index in [1.54, 1.807) is 0 Å². The number of ether oxygens (including phenoxy) is 1. The topological polar surface area (TPSA) is 76.3 Å². The van der Waals surface area contributed by atoms with E-state index in [0.29, 0.717) is 24.9 Å². The van der Waals surface area contributed by atoms with Crippen molar-refractivity contribution >= 4 is 11.6 Å². The minimum Gasteiger partial charge on any atom is -0.374 e. The maximum absolute atomic E-state index is 5.42. The molecule has 0 atom stereocenters. The van der Waals surface area contributed by atoms with Crippen molar-refractivity contribution in [2.45, 2.75) is 26.4 Å². The fourth-order valence-electron chi connectivity index (χ4n) is 1.92. The van der Waals surface area contributed by atoms with Crippen molar-refractivity contribution in [1.82, 2.24) is 9.97 Å². The zero-order chi connectivity index (χ0) is 12.1. The van der Waals surface area contributed by atoms with Crippen LogP contribution in [-0.4, -0.2) is 29.7 Å². The predicted octanol–water partition coefficient (Wildman–Crippen LogP) is 0.899. The molecule has 0 aliphatic carbocycles. The minimum absolute atomic E-state index is 0.423. The number of hydrogen-bond donors (Lipinski definition) is 2. The van der Waals surface area contributed by atoms with Crippen LogP contribution in [0.3, 0.4) is 0 Å². The van der Waals surface area contributed by atoms with E-state index in [1.807, 2.05) is 13.0 Å². The Morgan fingerprint density at radius 2 is 2.18 bits per heavy atom. The lowest BCUT2D eigenvalue weighted by Crippen LogP contribution is -2.21. The molecule has 0 spiro atoms. The van der Waals surface area contributed by atoms with E-state index in [2.05, 4.69) is 20.3 Å². The van der Waals surface area contributed by atoms with Gasteiger partial charge < -0.3 is 15.1 Å². The lowest BCUT2D eigenvalue weighted by atomic mass is 10.4. The third kappa shape index (κ3) is 3.04. The van der Waals surface area contributed by atoms with E-state index in [4.69, 9.17) is 10.6 Å². The quantitative estimate of drug-likeness (QED) is 0.585. The highest BCUT2D eigenvalue weighted by Crippen LogP contribution is 2.20. The van der Waals surface area contributed by atoms with Crippen LogP contribution in [0.5, 0.6) is 0 Å². The van der Waals surface area contributed by atoms with Gasteiger partial charge in [0.15, 0.2) is 5.82 Å². The molecule has 94 valence electrons. The van der Waals surface area contributed by atoms with Crippen LogP contribution in [0.1, 0.15) is 25.6 Å². The highest BCUT2D eigenvalue weighted by Gasteiger charge is 2.15. The Bertz CT molecular complexity index is 365. The van der Waals surface area contributed by atoms with Crippen LogP contribution >= 0.6 is 0 Å². The summed E-state index contributed by atoms with van der Waals surface area (Å²) in [6.45, 7) is 5.13. The van der Waals surface area contributed by atoms with Crippen LogP contribution in [0.4, 0.5) is 11.6 Å². The highest BCUT2D eigenvalue weighted by molar-refractivity contribution is 5.49. The van der Waals surface area contributed by atoms with Crippen molar-refractivity contribution in [3.63, 3.8) is 0 Å².